The van der Waals surface area contributed by atoms with E-state index >= 15 is 0 Å². The van der Waals surface area contributed by atoms with Crippen LogP contribution in [0.4, 0.5) is 0 Å². The largest absolute Gasteiger partial charge is 0.360 e. The molecule has 0 spiro atoms. The maximum absolute atomic E-state index is 3.99. The molecule has 8 nitrogen and oxygen atoms in total. The summed E-state index contributed by atoms with van der Waals surface area (Å²) in [4.78, 5) is 31.9. The zero-order chi connectivity index (χ0) is 63.8. The van der Waals surface area contributed by atoms with Crippen molar-refractivity contribution in [3.8, 4) is 47.4 Å². The van der Waals surface area contributed by atoms with E-state index in [1.165, 1.54) is 0 Å². The van der Waals surface area contributed by atoms with Crippen LogP contribution in [0.2, 0.25) is 0 Å². The Morgan fingerprint density at radius 1 is 0.174 bits per heavy atom. The molecule has 92 heavy (non-hydrogen) atoms. The summed E-state index contributed by atoms with van der Waals surface area (Å²) in [5.74, 6) is 26.2. The van der Waals surface area contributed by atoms with Crippen LogP contribution in [0.5, 0.6) is 0 Å². The van der Waals surface area contributed by atoms with Crippen LogP contribution in [-0.4, -0.2) is 39.9 Å². The molecule has 0 unspecified atom stereocenters. The molecule has 0 saturated carbocycles. The second kappa shape index (κ2) is 20.4. The second-order valence-corrected chi connectivity index (χ2v) is 28.6. The van der Waals surface area contributed by atoms with Crippen LogP contribution in [0.25, 0.3) is 0 Å². The molecular weight excluding hydrogens is 1120 g/mol. The Morgan fingerprint density at radius 2 is 0.304 bits per heavy atom. The highest BCUT2D eigenvalue weighted by Gasteiger charge is 2.44. The molecule has 24 rings (SSSR count). The molecule has 452 valence electrons. The first kappa shape index (κ1) is 57.8. The van der Waals surface area contributed by atoms with E-state index in [0.29, 0.717) is 0 Å². The van der Waals surface area contributed by atoms with Gasteiger partial charge in [-0.1, -0.05) is 72.2 Å². The quantitative estimate of drug-likeness (QED) is 0.0689. The van der Waals surface area contributed by atoms with Crippen LogP contribution in [-0.2, 0) is 43.3 Å². The van der Waals surface area contributed by atoms with Gasteiger partial charge >= 0.3 is 0 Å². The van der Waals surface area contributed by atoms with Crippen molar-refractivity contribution in [1.29, 1.82) is 0 Å². The van der Waals surface area contributed by atoms with Crippen molar-refractivity contribution in [3.05, 3.63) is 330 Å². The molecule has 0 saturated heterocycles. The fourth-order valence-corrected chi connectivity index (χ4v) is 14.8. The van der Waals surface area contributed by atoms with Gasteiger partial charge in [-0.05, 0) is 275 Å². The van der Waals surface area contributed by atoms with Crippen LogP contribution < -0.4 is 0 Å². The van der Waals surface area contributed by atoms with Crippen LogP contribution in [0.15, 0.2) is 194 Å². The first-order valence-electron chi connectivity index (χ1n) is 32.1. The van der Waals surface area contributed by atoms with Gasteiger partial charge in [0, 0.05) is 135 Å². The minimum absolute atomic E-state index is 0.418. The molecule has 12 aromatic rings. The van der Waals surface area contributed by atoms with Gasteiger partial charge in [-0.15, -0.1) is 0 Å². The summed E-state index contributed by atoms with van der Waals surface area (Å²) in [6.07, 6.45) is 0. The smallest absolute Gasteiger partial charge is 0.0723 e. The lowest BCUT2D eigenvalue weighted by molar-refractivity contribution is 0.563. The van der Waals surface area contributed by atoms with Crippen molar-refractivity contribution >= 4 is 0 Å². The first-order chi connectivity index (χ1) is 44.0. The summed E-state index contributed by atoms with van der Waals surface area (Å²) in [7, 11) is 0. The average Bonchev–Trinajstić information content (AvgIpc) is 1.57. The normalized spacial score (nSPS) is 21.8. The van der Waals surface area contributed by atoms with Crippen molar-refractivity contribution in [2.45, 2.75) is 126 Å². The number of benzene rings is 4. The standard InChI is InChI=1S/C84H76N8/c1-77(2)61-37-45-69(85-61)81(9)57-29-21-53(22-30-57)17-13-15-19-55-25-33-59(34-26-55)83(11)73-49-41-65(89-73)79(5,6)66-42-50-74(90-66)84(12,76-52-44-68(92-76)80(7,8)67-43-51-75(83)91-67)60-35-27-56(28-36-60)20-16-14-18-54-23-31-58(32-24-54)82(10,70-46-38-62(77)86-70)72-48-40-64(88-72)78(3,4)63-39-47-71(81)87-63/h21-52,85-92H,1-12H3. The van der Waals surface area contributed by atoms with Crippen molar-refractivity contribution in [3.63, 3.8) is 0 Å². The van der Waals surface area contributed by atoms with E-state index in [9.17, 15) is 0 Å². The predicted octanol–water partition coefficient (Wildman–Crippen LogP) is 16.8. The van der Waals surface area contributed by atoms with Crippen LogP contribution in [0, 0.1) is 47.4 Å². The third kappa shape index (κ3) is 8.80. The van der Waals surface area contributed by atoms with E-state index in [1.807, 2.05) is 0 Å². The van der Waals surface area contributed by atoms with Gasteiger partial charge in [0.25, 0.3) is 0 Å². The van der Waals surface area contributed by atoms with Crippen molar-refractivity contribution < 1.29 is 0 Å². The molecule has 12 aliphatic rings. The number of hydrogen-bond acceptors (Lipinski definition) is 0. The molecule has 0 amide bonds. The molecule has 0 fully saturated rings. The van der Waals surface area contributed by atoms with Gasteiger partial charge in [-0.25, -0.2) is 0 Å². The molecule has 8 heteroatoms. The Morgan fingerprint density at radius 3 is 0.446 bits per heavy atom. The third-order valence-electron chi connectivity index (χ3n) is 22.0. The van der Waals surface area contributed by atoms with Crippen molar-refractivity contribution in [2.75, 3.05) is 0 Å². The number of aromatic nitrogens is 8. The van der Waals surface area contributed by atoms with Gasteiger partial charge in [0.1, 0.15) is 0 Å². The number of hydrogen-bond donors (Lipinski definition) is 8. The number of nitrogens with one attached hydrogen (secondary N) is 8. The number of H-pyrrole nitrogens is 8. The van der Waals surface area contributed by atoms with E-state index in [1.54, 1.807) is 0 Å². The average molecular weight is 1200 g/mol. The van der Waals surface area contributed by atoms with E-state index in [-0.39, 0.29) is 0 Å². The maximum Gasteiger partial charge on any atom is 0.0723 e. The lowest BCUT2D eigenvalue weighted by atomic mass is 9.76. The fourth-order valence-electron chi connectivity index (χ4n) is 14.8. The van der Waals surface area contributed by atoms with E-state index < -0.39 is 43.3 Å². The number of rotatable bonds is 0. The Hall–Kier alpha value is -10.6. The SMILES string of the molecule is CC1(C)c2ccc([nH]2)C2(C)c3ccc(cc3)C#CC#Cc3ccc(cc3)C3(C)c4ccc([nH]4)C(C)(C)c4ccc([nH]4)C(C)(c4ccc(cc4)C#CC#Cc4ccc(cc4)C(C)(c4ccc1[nH]4)c1ccc([nH]1)C(C)(C)c1ccc2[nH]1)c1ccc([nH]1)C(C)(C)c1ccc3[nH]1. The number of aromatic amines is 8. The first-order valence-corrected chi connectivity index (χ1v) is 32.1. The van der Waals surface area contributed by atoms with Crippen LogP contribution >= 0.6 is 0 Å². The van der Waals surface area contributed by atoms with Crippen LogP contribution in [0.3, 0.4) is 0 Å². The molecule has 0 atom stereocenters. The topological polar surface area (TPSA) is 126 Å². The molecule has 12 aliphatic heterocycles. The summed E-state index contributed by atoms with van der Waals surface area (Å²) in [6, 6.07) is 70.7. The molecule has 0 aliphatic carbocycles. The molecule has 0 radical (unpaired) electrons. The maximum atomic E-state index is 3.99. The molecule has 8 aromatic heterocycles. The van der Waals surface area contributed by atoms with Gasteiger partial charge < -0.3 is 39.9 Å². The Labute approximate surface area is 540 Å². The summed E-state index contributed by atoms with van der Waals surface area (Å²) in [6.45, 7) is 27.6. The molecular formula is C84H76N8. The second-order valence-electron chi connectivity index (χ2n) is 28.6. The molecule has 8 N–H and O–H groups in total. The highest BCUT2D eigenvalue weighted by molar-refractivity contribution is 5.58. The fraction of sp³-hybridized carbons (Fsp3) is 0.238. The minimum atomic E-state index is -0.593. The summed E-state index contributed by atoms with van der Waals surface area (Å²) in [5.41, 5.74) is 21.5. The van der Waals surface area contributed by atoms with Crippen LogP contribution in [0.1, 0.15) is 219 Å². The summed E-state index contributed by atoms with van der Waals surface area (Å²) in [5, 5.41) is 0. The zero-order valence-corrected chi connectivity index (χ0v) is 54.5. The highest BCUT2D eigenvalue weighted by atomic mass is 14.9. The minimum Gasteiger partial charge on any atom is -0.360 e. The Kier molecular flexibility index (Phi) is 12.8. The van der Waals surface area contributed by atoms with Crippen molar-refractivity contribution in [1.82, 2.24) is 39.9 Å². The zero-order valence-electron chi connectivity index (χ0n) is 54.5. The molecule has 20 heterocycles. The Balaban J connectivity index is 0.877. The molecule has 4 aromatic carbocycles. The summed E-state index contributed by atoms with van der Waals surface area (Å²) >= 11 is 0. The predicted molar refractivity (Wildman–Crippen MR) is 370 cm³/mol. The van der Waals surface area contributed by atoms with Gasteiger partial charge in [-0.2, -0.15) is 0 Å². The monoisotopic (exact) mass is 1200 g/mol. The van der Waals surface area contributed by atoms with Gasteiger partial charge in [-0.3, -0.25) is 0 Å². The van der Waals surface area contributed by atoms with Crippen molar-refractivity contribution in [2.24, 2.45) is 0 Å². The summed E-state index contributed by atoms with van der Waals surface area (Å²) < 4.78 is 0. The van der Waals surface area contributed by atoms with Gasteiger partial charge in [0.2, 0.25) is 0 Å². The van der Waals surface area contributed by atoms with Gasteiger partial charge in [0.05, 0.1) is 21.7 Å². The van der Waals surface area contributed by atoms with E-state index in [2.05, 4.69) is 364 Å². The lowest BCUT2D eigenvalue weighted by Crippen LogP contribution is -2.29. The Bertz CT molecular complexity index is 4290. The van der Waals surface area contributed by atoms with E-state index in [0.717, 1.165) is 136 Å². The lowest BCUT2D eigenvalue weighted by Gasteiger charge is -2.32. The molecule has 28 bridgehead atoms. The third-order valence-corrected chi connectivity index (χ3v) is 22.0. The van der Waals surface area contributed by atoms with E-state index in [4.69, 9.17) is 0 Å². The van der Waals surface area contributed by atoms with Gasteiger partial charge in [0.15, 0.2) is 0 Å². The highest BCUT2D eigenvalue weighted by Crippen LogP contribution is 2.48.